The van der Waals surface area contributed by atoms with E-state index < -0.39 is 0 Å². The molecule has 3 aromatic rings. The molecule has 0 N–H and O–H groups in total. The van der Waals surface area contributed by atoms with Crippen molar-refractivity contribution in [3.63, 3.8) is 0 Å². The van der Waals surface area contributed by atoms with Crippen LogP contribution in [0.25, 0.3) is 5.65 Å². The van der Waals surface area contributed by atoms with E-state index in [2.05, 4.69) is 25.4 Å². The zero-order valence-electron chi connectivity index (χ0n) is 15.0. The van der Waals surface area contributed by atoms with Gasteiger partial charge < -0.3 is 9.14 Å². The van der Waals surface area contributed by atoms with Gasteiger partial charge in [-0.3, -0.25) is 9.80 Å². The summed E-state index contributed by atoms with van der Waals surface area (Å²) in [6.07, 6.45) is 4.15. The average molecular weight is 405 g/mol. The molecule has 0 radical (unpaired) electrons. The van der Waals surface area contributed by atoms with E-state index in [4.69, 9.17) is 27.9 Å². The molecule has 142 valence electrons. The molecular formula is C20H22Cl2N4O. The molecule has 1 fully saturated rings. The average Bonchev–Trinajstić information content (AvgIpc) is 3.08. The summed E-state index contributed by atoms with van der Waals surface area (Å²) in [7, 11) is 0. The zero-order valence-corrected chi connectivity index (χ0v) is 16.5. The number of ether oxygens (including phenoxy) is 1. The van der Waals surface area contributed by atoms with Gasteiger partial charge in [0.15, 0.2) is 0 Å². The highest BCUT2D eigenvalue weighted by Gasteiger charge is 2.18. The maximum atomic E-state index is 6.13. The maximum Gasteiger partial charge on any atom is 0.139 e. The molecule has 7 heteroatoms. The lowest BCUT2D eigenvalue weighted by Gasteiger charge is -2.34. The monoisotopic (exact) mass is 404 g/mol. The second kappa shape index (κ2) is 8.48. The molecule has 0 spiro atoms. The highest BCUT2D eigenvalue weighted by atomic mass is 35.5. The van der Waals surface area contributed by atoms with Crippen molar-refractivity contribution in [3.05, 3.63) is 64.5 Å². The lowest BCUT2D eigenvalue weighted by molar-refractivity contribution is 0.112. The third-order valence-electron chi connectivity index (χ3n) is 4.82. The molecule has 0 aliphatic carbocycles. The fourth-order valence-corrected chi connectivity index (χ4v) is 3.67. The van der Waals surface area contributed by atoms with Crippen LogP contribution in [0, 0.1) is 0 Å². The highest BCUT2D eigenvalue weighted by molar-refractivity contribution is 6.34. The Hall–Kier alpha value is -1.79. The predicted molar refractivity (Wildman–Crippen MR) is 109 cm³/mol. The number of hydrogen-bond donors (Lipinski definition) is 0. The van der Waals surface area contributed by atoms with E-state index in [0.717, 1.165) is 50.6 Å². The van der Waals surface area contributed by atoms with E-state index in [-0.39, 0.29) is 0 Å². The summed E-state index contributed by atoms with van der Waals surface area (Å²) in [6, 6.07) is 11.4. The highest BCUT2D eigenvalue weighted by Crippen LogP contribution is 2.27. The van der Waals surface area contributed by atoms with Crippen LogP contribution >= 0.6 is 23.2 Å². The van der Waals surface area contributed by atoms with Crippen LogP contribution in [0.4, 0.5) is 0 Å². The summed E-state index contributed by atoms with van der Waals surface area (Å²) in [5.74, 6) is 0.648. The number of rotatable bonds is 6. The maximum absolute atomic E-state index is 6.13. The number of halogens is 2. The van der Waals surface area contributed by atoms with Gasteiger partial charge in [0.2, 0.25) is 0 Å². The molecule has 0 bridgehead atoms. The van der Waals surface area contributed by atoms with Crippen molar-refractivity contribution < 1.29 is 4.74 Å². The molecule has 1 aromatic carbocycles. The number of piperazine rings is 1. The number of benzene rings is 1. The third kappa shape index (κ3) is 4.74. The first-order valence-corrected chi connectivity index (χ1v) is 9.88. The number of imidazole rings is 1. The van der Waals surface area contributed by atoms with Crippen LogP contribution < -0.4 is 4.74 Å². The van der Waals surface area contributed by atoms with Crippen LogP contribution in [0.3, 0.4) is 0 Å². The Labute approximate surface area is 169 Å². The molecule has 5 nitrogen and oxygen atoms in total. The first-order chi connectivity index (χ1) is 13.2. The van der Waals surface area contributed by atoms with Gasteiger partial charge in [0, 0.05) is 62.8 Å². The first-order valence-electron chi connectivity index (χ1n) is 9.12. The first kappa shape index (κ1) is 18.6. The van der Waals surface area contributed by atoms with Crippen molar-refractivity contribution in [2.75, 3.05) is 39.3 Å². The molecule has 3 heterocycles. The normalized spacial score (nSPS) is 16.1. The zero-order chi connectivity index (χ0) is 18.6. The second-order valence-corrected chi connectivity index (χ2v) is 7.58. The fraction of sp³-hybridized carbons (Fsp3) is 0.350. The molecule has 1 aliphatic heterocycles. The van der Waals surface area contributed by atoms with Gasteiger partial charge in [-0.15, -0.1) is 0 Å². The summed E-state index contributed by atoms with van der Waals surface area (Å²) in [6.45, 7) is 6.50. The smallest absolute Gasteiger partial charge is 0.139 e. The molecule has 1 saturated heterocycles. The molecule has 2 aromatic heterocycles. The Balaban J connectivity index is 1.22. The second-order valence-electron chi connectivity index (χ2n) is 6.74. The van der Waals surface area contributed by atoms with E-state index in [1.807, 2.05) is 24.4 Å². The number of pyridine rings is 1. The van der Waals surface area contributed by atoms with Crippen LogP contribution in [0.1, 0.15) is 5.69 Å². The van der Waals surface area contributed by atoms with Crippen LogP contribution in [0.5, 0.6) is 5.75 Å². The third-order valence-corrected chi connectivity index (χ3v) is 5.37. The van der Waals surface area contributed by atoms with Crippen molar-refractivity contribution >= 4 is 28.8 Å². The molecule has 1 aliphatic rings. The summed E-state index contributed by atoms with van der Waals surface area (Å²) in [4.78, 5) is 9.56. The van der Waals surface area contributed by atoms with Gasteiger partial charge in [0.1, 0.15) is 18.0 Å². The van der Waals surface area contributed by atoms with Crippen LogP contribution in [0.15, 0.2) is 48.8 Å². The molecule has 4 rings (SSSR count). The fourth-order valence-electron chi connectivity index (χ4n) is 3.34. The minimum absolute atomic E-state index is 0.594. The Morgan fingerprint density at radius 3 is 2.63 bits per heavy atom. The van der Waals surface area contributed by atoms with E-state index in [1.165, 1.54) is 0 Å². The quantitative estimate of drug-likeness (QED) is 0.624. The Morgan fingerprint density at radius 1 is 1.00 bits per heavy atom. The number of aromatic nitrogens is 2. The number of nitrogens with zero attached hydrogens (tertiary/aromatic N) is 4. The summed E-state index contributed by atoms with van der Waals surface area (Å²) in [5, 5.41) is 1.23. The van der Waals surface area contributed by atoms with Crippen molar-refractivity contribution in [2.24, 2.45) is 0 Å². The minimum atomic E-state index is 0.594. The largest absolute Gasteiger partial charge is 0.491 e. The van der Waals surface area contributed by atoms with Gasteiger partial charge in [0.25, 0.3) is 0 Å². The molecule has 27 heavy (non-hydrogen) atoms. The topological polar surface area (TPSA) is 33.0 Å². The van der Waals surface area contributed by atoms with E-state index >= 15 is 0 Å². The Bertz CT molecular complexity index is 873. The van der Waals surface area contributed by atoms with Gasteiger partial charge in [-0.05, 0) is 24.3 Å². The van der Waals surface area contributed by atoms with Gasteiger partial charge in [0.05, 0.1) is 10.7 Å². The van der Waals surface area contributed by atoms with Crippen molar-refractivity contribution in [1.82, 2.24) is 19.2 Å². The van der Waals surface area contributed by atoms with Gasteiger partial charge in [-0.2, -0.15) is 0 Å². The van der Waals surface area contributed by atoms with Crippen LogP contribution in [0.2, 0.25) is 10.0 Å². The lowest BCUT2D eigenvalue weighted by atomic mass is 10.3. The lowest BCUT2D eigenvalue weighted by Crippen LogP contribution is -2.47. The van der Waals surface area contributed by atoms with Gasteiger partial charge in [-0.25, -0.2) is 4.98 Å². The standard InChI is InChI=1S/C20H22Cl2N4O/c21-16-4-5-18(22)19(13-16)27-12-11-24-7-9-25(10-8-24)14-17-15-26-6-2-1-3-20(26)23-17/h1-6,13,15H,7-12,14H2. The van der Waals surface area contributed by atoms with Crippen molar-refractivity contribution in [2.45, 2.75) is 6.54 Å². The Kier molecular flexibility index (Phi) is 5.83. The minimum Gasteiger partial charge on any atom is -0.491 e. The van der Waals surface area contributed by atoms with Gasteiger partial charge in [-0.1, -0.05) is 29.3 Å². The van der Waals surface area contributed by atoms with E-state index in [9.17, 15) is 0 Å². The predicted octanol–water partition coefficient (Wildman–Crippen LogP) is 3.84. The summed E-state index contributed by atoms with van der Waals surface area (Å²) >= 11 is 12.1. The summed E-state index contributed by atoms with van der Waals surface area (Å²) < 4.78 is 7.87. The molecular weight excluding hydrogens is 383 g/mol. The van der Waals surface area contributed by atoms with E-state index in [0.29, 0.717) is 22.4 Å². The number of fused-ring (bicyclic) bond motifs is 1. The molecule has 0 amide bonds. The number of hydrogen-bond acceptors (Lipinski definition) is 4. The molecule has 0 atom stereocenters. The SMILES string of the molecule is Clc1ccc(Cl)c(OCCN2CCN(Cc3cn4ccccc4n3)CC2)c1. The Morgan fingerprint density at radius 2 is 1.81 bits per heavy atom. The van der Waals surface area contributed by atoms with Crippen molar-refractivity contribution in [1.29, 1.82) is 0 Å². The van der Waals surface area contributed by atoms with E-state index in [1.54, 1.807) is 18.2 Å². The van der Waals surface area contributed by atoms with Crippen LogP contribution in [-0.4, -0.2) is 58.5 Å². The van der Waals surface area contributed by atoms with Gasteiger partial charge >= 0.3 is 0 Å². The summed E-state index contributed by atoms with van der Waals surface area (Å²) in [5.41, 5.74) is 2.12. The van der Waals surface area contributed by atoms with Crippen LogP contribution in [-0.2, 0) is 6.54 Å². The van der Waals surface area contributed by atoms with Crippen molar-refractivity contribution in [3.8, 4) is 5.75 Å². The molecule has 0 unspecified atom stereocenters. The molecule has 0 saturated carbocycles.